The van der Waals surface area contributed by atoms with Crippen molar-refractivity contribution in [3.8, 4) is 5.75 Å². The lowest BCUT2D eigenvalue weighted by atomic mass is 9.86. The van der Waals surface area contributed by atoms with E-state index in [9.17, 15) is 37.5 Å². The van der Waals surface area contributed by atoms with Crippen molar-refractivity contribution in [2.75, 3.05) is 6.54 Å². The van der Waals surface area contributed by atoms with Gasteiger partial charge >= 0.3 is 12.3 Å². The fourth-order valence-electron chi connectivity index (χ4n) is 3.77. The van der Waals surface area contributed by atoms with Gasteiger partial charge in [-0.1, -0.05) is 69.3 Å². The normalized spacial score (nSPS) is 12.8. The maximum absolute atomic E-state index is 13.6. The van der Waals surface area contributed by atoms with Crippen molar-refractivity contribution in [3.63, 3.8) is 0 Å². The summed E-state index contributed by atoms with van der Waals surface area (Å²) in [7, 11) is 0. The summed E-state index contributed by atoms with van der Waals surface area (Å²) in [5.74, 6) is -3.87. The highest BCUT2D eigenvalue weighted by molar-refractivity contribution is 6.32. The van der Waals surface area contributed by atoms with Crippen LogP contribution >= 0.6 is 0 Å². The van der Waals surface area contributed by atoms with Gasteiger partial charge in [0, 0.05) is 22.3 Å². The third-order valence-corrected chi connectivity index (χ3v) is 6.10. The fraction of sp³-hybridized carbons (Fsp3) is 0.226. The van der Waals surface area contributed by atoms with E-state index in [4.69, 9.17) is 5.11 Å². The van der Waals surface area contributed by atoms with E-state index in [1.54, 1.807) is 24.3 Å². The van der Waals surface area contributed by atoms with Crippen LogP contribution in [0.1, 0.15) is 63.0 Å². The topological polar surface area (TPSA) is 130 Å². The molecular weight excluding hydrogens is 555 g/mol. The van der Waals surface area contributed by atoms with E-state index < -0.39 is 48.2 Å². The Morgan fingerprint density at radius 2 is 1.31 bits per heavy atom. The largest absolute Gasteiger partial charge is 0.573 e. The molecule has 0 saturated heterocycles. The second-order valence-corrected chi connectivity index (χ2v) is 10.3. The van der Waals surface area contributed by atoms with Crippen LogP contribution in [0.2, 0.25) is 0 Å². The number of hydrogen-bond acceptors (Lipinski definition) is 6. The third kappa shape index (κ3) is 8.61. The first-order chi connectivity index (χ1) is 19.5. The van der Waals surface area contributed by atoms with Crippen LogP contribution < -0.4 is 10.1 Å². The molecule has 0 aliphatic heterocycles. The Bertz CT molecular complexity index is 1490. The van der Waals surface area contributed by atoms with Crippen LogP contribution in [-0.4, -0.2) is 52.7 Å². The predicted molar refractivity (Wildman–Crippen MR) is 147 cm³/mol. The maximum atomic E-state index is 13.6. The van der Waals surface area contributed by atoms with Crippen molar-refractivity contribution < 1.29 is 47.3 Å². The number of amides is 1. The van der Waals surface area contributed by atoms with Gasteiger partial charge in [-0.2, -0.15) is 0 Å². The molecule has 1 unspecified atom stereocenters. The third-order valence-electron chi connectivity index (χ3n) is 6.10. The summed E-state index contributed by atoms with van der Waals surface area (Å²) in [6.45, 7) is 5.51. The van der Waals surface area contributed by atoms with Crippen molar-refractivity contribution >= 4 is 29.0 Å². The van der Waals surface area contributed by atoms with Crippen molar-refractivity contribution in [2.45, 2.75) is 38.7 Å². The number of allylic oxidation sites excluding steroid dienone is 2. The number of rotatable bonds is 10. The molecule has 0 aromatic heterocycles. The second kappa shape index (κ2) is 12.8. The molecule has 3 N–H and O–H groups in total. The van der Waals surface area contributed by atoms with E-state index in [-0.39, 0.29) is 27.7 Å². The average molecular weight is 584 g/mol. The molecule has 8 nitrogen and oxygen atoms in total. The quantitative estimate of drug-likeness (QED) is 0.221. The number of alkyl halides is 3. The van der Waals surface area contributed by atoms with Gasteiger partial charge in [0.05, 0.1) is 6.54 Å². The first-order valence-corrected chi connectivity index (χ1v) is 12.6. The maximum Gasteiger partial charge on any atom is 0.573 e. The summed E-state index contributed by atoms with van der Waals surface area (Å²) in [5, 5.41) is 20.3. The van der Waals surface area contributed by atoms with E-state index >= 15 is 0 Å². The van der Waals surface area contributed by atoms with E-state index in [0.717, 1.165) is 23.8 Å². The summed E-state index contributed by atoms with van der Waals surface area (Å²) in [5.41, 5.74) is 1.30. The number of aliphatic hydroxyl groups excluding tert-OH is 1. The van der Waals surface area contributed by atoms with Crippen LogP contribution in [0.25, 0.3) is 5.57 Å². The Morgan fingerprint density at radius 1 is 0.810 bits per heavy atom. The van der Waals surface area contributed by atoms with Gasteiger partial charge < -0.3 is 20.3 Å². The van der Waals surface area contributed by atoms with Crippen molar-refractivity contribution in [1.29, 1.82) is 0 Å². The summed E-state index contributed by atoms with van der Waals surface area (Å²) in [6, 6.07) is 16.5. The molecule has 3 aromatic carbocycles. The van der Waals surface area contributed by atoms with Gasteiger partial charge in [0.25, 0.3) is 5.91 Å². The van der Waals surface area contributed by atoms with Crippen molar-refractivity contribution in [1.82, 2.24) is 5.32 Å². The molecule has 0 bridgehead atoms. The predicted octanol–water partition coefficient (Wildman–Crippen LogP) is 5.21. The van der Waals surface area contributed by atoms with Crippen LogP contribution in [0.5, 0.6) is 5.75 Å². The number of ketones is 2. The number of carboxylic acid groups (broad SMARTS) is 1. The van der Waals surface area contributed by atoms with Gasteiger partial charge in [-0.05, 0) is 46.9 Å². The molecule has 0 spiro atoms. The Hall–Kier alpha value is -4.77. The lowest BCUT2D eigenvalue weighted by Gasteiger charge is -2.18. The summed E-state index contributed by atoms with van der Waals surface area (Å²) in [6.07, 6.45) is -5.61. The van der Waals surface area contributed by atoms with Crippen LogP contribution in [0, 0.1) is 0 Å². The van der Waals surface area contributed by atoms with Gasteiger partial charge in [0.1, 0.15) is 5.75 Å². The lowest BCUT2D eigenvalue weighted by molar-refractivity contribution is -0.274. The van der Waals surface area contributed by atoms with Gasteiger partial charge in [-0.15, -0.1) is 13.2 Å². The van der Waals surface area contributed by atoms with E-state index in [1.807, 2.05) is 20.8 Å². The molecule has 1 atom stereocenters. The molecule has 0 fully saturated rings. The Morgan fingerprint density at radius 3 is 1.81 bits per heavy atom. The molecule has 0 heterocycles. The minimum absolute atomic E-state index is 0.0647. The standard InChI is InChI=1S/C31H28F3NO7/c1-30(2,3)22-12-8-19(9-13-22)25(36)16-24(18-10-14-23(15-11-18)42-31(32,33)34)27(38)20-4-6-21(7-5-20)28(39)35-17-26(37)29(40)41/h4-16,26,37H,17H2,1-3H3,(H,35,39)(H,40,41)/b24-16-. The highest BCUT2D eigenvalue weighted by Crippen LogP contribution is 2.28. The second-order valence-electron chi connectivity index (χ2n) is 10.3. The smallest absolute Gasteiger partial charge is 0.479 e. The zero-order chi connectivity index (χ0) is 31.2. The molecule has 0 aliphatic carbocycles. The molecule has 1 amide bonds. The minimum Gasteiger partial charge on any atom is -0.479 e. The summed E-state index contributed by atoms with van der Waals surface area (Å²) in [4.78, 5) is 49.7. The number of benzene rings is 3. The number of carbonyl (C=O) groups excluding carboxylic acids is 3. The van der Waals surface area contributed by atoms with E-state index in [1.165, 1.54) is 36.4 Å². The number of carboxylic acids is 1. The first-order valence-electron chi connectivity index (χ1n) is 12.6. The van der Waals surface area contributed by atoms with Gasteiger partial charge in [0.2, 0.25) is 0 Å². The molecule has 3 aromatic rings. The highest BCUT2D eigenvalue weighted by atomic mass is 19.4. The molecule has 0 saturated carbocycles. The Kier molecular flexibility index (Phi) is 9.69. The molecule has 3 rings (SSSR count). The number of Topliss-reactive ketones (excluding diaryl/α,β-unsaturated/α-hetero) is 1. The van der Waals surface area contributed by atoms with Gasteiger partial charge in [0.15, 0.2) is 17.7 Å². The summed E-state index contributed by atoms with van der Waals surface area (Å²) >= 11 is 0. The summed E-state index contributed by atoms with van der Waals surface area (Å²) < 4.78 is 41.8. The molecule has 42 heavy (non-hydrogen) atoms. The Balaban J connectivity index is 1.93. The zero-order valence-electron chi connectivity index (χ0n) is 22.9. The number of nitrogens with one attached hydrogen (secondary N) is 1. The molecule has 220 valence electrons. The van der Waals surface area contributed by atoms with E-state index in [0.29, 0.717) is 5.56 Å². The molecular formula is C31H28F3NO7. The van der Waals surface area contributed by atoms with Crippen LogP contribution in [-0.2, 0) is 10.2 Å². The SMILES string of the molecule is CC(C)(C)c1ccc(C(=O)/C=C(\C(=O)c2ccc(C(=O)NCC(O)C(=O)O)cc2)c2ccc(OC(F)(F)F)cc2)cc1. The number of halogens is 3. The van der Waals surface area contributed by atoms with Crippen molar-refractivity contribution in [3.05, 3.63) is 107 Å². The average Bonchev–Trinajstić information content (AvgIpc) is 2.93. The number of ether oxygens (including phenoxy) is 1. The van der Waals surface area contributed by atoms with Gasteiger partial charge in [-0.25, -0.2) is 4.79 Å². The van der Waals surface area contributed by atoms with Crippen LogP contribution in [0.15, 0.2) is 78.9 Å². The van der Waals surface area contributed by atoms with Crippen LogP contribution in [0.3, 0.4) is 0 Å². The number of aliphatic carboxylic acids is 1. The van der Waals surface area contributed by atoms with Crippen molar-refractivity contribution in [2.24, 2.45) is 0 Å². The fourth-order valence-corrected chi connectivity index (χ4v) is 3.77. The minimum atomic E-state index is -4.91. The Labute approximate surface area is 239 Å². The number of aliphatic hydroxyl groups is 1. The van der Waals surface area contributed by atoms with Gasteiger partial charge in [-0.3, -0.25) is 14.4 Å². The zero-order valence-corrected chi connectivity index (χ0v) is 22.9. The lowest BCUT2D eigenvalue weighted by Crippen LogP contribution is -2.36. The van der Waals surface area contributed by atoms with E-state index in [2.05, 4.69) is 10.1 Å². The molecule has 0 aliphatic rings. The first kappa shape index (κ1) is 31.8. The molecule has 11 heteroatoms. The number of carbonyl (C=O) groups is 4. The molecule has 0 radical (unpaired) electrons. The number of hydrogen-bond donors (Lipinski definition) is 3. The van der Waals surface area contributed by atoms with Crippen LogP contribution in [0.4, 0.5) is 13.2 Å². The monoisotopic (exact) mass is 583 g/mol. The highest BCUT2D eigenvalue weighted by Gasteiger charge is 2.31.